The first kappa shape index (κ1) is 25.1. The summed E-state index contributed by atoms with van der Waals surface area (Å²) >= 11 is 18.9. The third-order valence-electron chi connectivity index (χ3n) is 4.70. The molecule has 0 fully saturated rings. The van der Waals surface area contributed by atoms with E-state index in [-0.39, 0.29) is 15.7 Å². The van der Waals surface area contributed by atoms with Gasteiger partial charge in [0.1, 0.15) is 10.6 Å². The Morgan fingerprint density at radius 2 is 1.71 bits per heavy atom. The molecule has 0 spiro atoms. The Kier molecular flexibility index (Phi) is 7.13. The first-order valence-corrected chi connectivity index (χ1v) is 11.5. The van der Waals surface area contributed by atoms with Crippen LogP contribution in [0, 0.1) is 23.3 Å². The van der Waals surface area contributed by atoms with E-state index in [4.69, 9.17) is 35.4 Å². The zero-order chi connectivity index (χ0) is 25.4. The van der Waals surface area contributed by atoms with Crippen LogP contribution in [0.4, 0.5) is 23.2 Å². The second-order valence-electron chi connectivity index (χ2n) is 6.87. The molecule has 3 aromatic carbocycles. The van der Waals surface area contributed by atoms with E-state index in [2.05, 4.69) is 15.0 Å². The number of nitrogens with one attached hydrogen (secondary N) is 2. The molecule has 4 rings (SSSR count). The zero-order valence-electron chi connectivity index (χ0n) is 17.3. The number of rotatable bonds is 4. The van der Waals surface area contributed by atoms with E-state index >= 15 is 0 Å². The smallest absolute Gasteiger partial charge is 0.263 e. The first-order chi connectivity index (χ1) is 16.6. The molecule has 0 aliphatic carbocycles. The number of anilines is 1. The highest BCUT2D eigenvalue weighted by Crippen LogP contribution is 2.40. The van der Waals surface area contributed by atoms with Crippen LogP contribution in [0.5, 0.6) is 5.75 Å². The molecule has 1 amide bonds. The average Bonchev–Trinajstić information content (AvgIpc) is 3.24. The lowest BCUT2D eigenvalue weighted by molar-refractivity contribution is 0.0966. The minimum atomic E-state index is -1.94. The second kappa shape index (κ2) is 9.94. The number of methoxy groups -OCH3 is 1. The fourth-order valence-electron chi connectivity index (χ4n) is 3.16. The van der Waals surface area contributed by atoms with Gasteiger partial charge in [-0.1, -0.05) is 35.3 Å². The van der Waals surface area contributed by atoms with Gasteiger partial charge in [0.25, 0.3) is 5.91 Å². The van der Waals surface area contributed by atoms with E-state index < -0.39 is 45.6 Å². The number of nitrogens with zero attached hydrogens (tertiary/aromatic N) is 1. The Labute approximate surface area is 214 Å². The maximum atomic E-state index is 14.3. The van der Waals surface area contributed by atoms with E-state index in [0.29, 0.717) is 10.6 Å². The van der Waals surface area contributed by atoms with Crippen LogP contribution in [-0.2, 0) is 0 Å². The van der Waals surface area contributed by atoms with Crippen LogP contribution >= 0.6 is 46.8 Å². The van der Waals surface area contributed by atoms with Gasteiger partial charge < -0.3 is 10.1 Å². The van der Waals surface area contributed by atoms with Crippen LogP contribution in [0.15, 0.2) is 36.4 Å². The van der Waals surface area contributed by atoms with Crippen molar-refractivity contribution in [2.24, 2.45) is 0 Å². The fraction of sp³-hybridized carbons (Fsp3) is 0.0455. The molecule has 4 aromatic rings. The summed E-state index contributed by atoms with van der Waals surface area (Å²) in [5.74, 6) is -10.5. The predicted octanol–water partition coefficient (Wildman–Crippen LogP) is 6.96. The van der Waals surface area contributed by atoms with Crippen molar-refractivity contribution in [1.82, 2.24) is 10.3 Å². The minimum absolute atomic E-state index is 0.0993. The van der Waals surface area contributed by atoms with Gasteiger partial charge in [-0.2, -0.15) is 8.78 Å². The first-order valence-electron chi connectivity index (χ1n) is 9.49. The Morgan fingerprint density at radius 3 is 2.34 bits per heavy atom. The molecule has 13 heteroatoms. The number of hydrogen-bond acceptors (Lipinski definition) is 5. The van der Waals surface area contributed by atoms with Gasteiger partial charge in [-0.05, 0) is 36.5 Å². The van der Waals surface area contributed by atoms with E-state index in [1.54, 1.807) is 6.07 Å². The monoisotopic (exact) mass is 559 g/mol. The van der Waals surface area contributed by atoms with Crippen LogP contribution in [0.25, 0.3) is 20.8 Å². The summed E-state index contributed by atoms with van der Waals surface area (Å²) in [4.78, 5) is 17.0. The van der Waals surface area contributed by atoms with Crippen LogP contribution in [0.1, 0.15) is 10.4 Å². The maximum Gasteiger partial charge on any atom is 0.263 e. The van der Waals surface area contributed by atoms with Crippen molar-refractivity contribution < 1.29 is 27.1 Å². The lowest BCUT2D eigenvalue weighted by atomic mass is 10.1. The highest BCUT2D eigenvalue weighted by Gasteiger charge is 2.30. The molecule has 35 heavy (non-hydrogen) atoms. The molecule has 0 saturated carbocycles. The number of fused-ring (bicyclic) bond motifs is 1. The Hall–Kier alpha value is -2.99. The molecule has 0 aliphatic heterocycles. The van der Waals surface area contributed by atoms with Gasteiger partial charge >= 0.3 is 0 Å². The lowest BCUT2D eigenvalue weighted by Gasteiger charge is -2.15. The molecule has 2 N–H and O–H groups in total. The maximum absolute atomic E-state index is 14.3. The quantitative estimate of drug-likeness (QED) is 0.161. The third kappa shape index (κ3) is 4.76. The molecule has 1 aromatic heterocycles. The Morgan fingerprint density at radius 1 is 1.06 bits per heavy atom. The molecule has 0 unspecified atom stereocenters. The van der Waals surface area contributed by atoms with Gasteiger partial charge in [0.2, 0.25) is 11.6 Å². The van der Waals surface area contributed by atoms with Gasteiger partial charge in [-0.25, -0.2) is 13.8 Å². The molecule has 0 saturated heterocycles. The fourth-order valence-corrected chi connectivity index (χ4v) is 4.88. The van der Waals surface area contributed by atoms with Gasteiger partial charge in [-0.3, -0.25) is 10.1 Å². The number of halogens is 6. The number of hydrogen-bond donors (Lipinski definition) is 2. The van der Waals surface area contributed by atoms with Crippen molar-refractivity contribution in [2.75, 3.05) is 12.4 Å². The average molecular weight is 560 g/mol. The molecule has 1 heterocycles. The summed E-state index contributed by atoms with van der Waals surface area (Å²) in [5.41, 5.74) is -0.175. The van der Waals surface area contributed by atoms with E-state index in [0.717, 1.165) is 17.3 Å². The van der Waals surface area contributed by atoms with E-state index in [9.17, 15) is 22.4 Å². The largest absolute Gasteiger partial charge is 0.491 e. The van der Waals surface area contributed by atoms with Crippen LogP contribution in [0.2, 0.25) is 10.0 Å². The number of amides is 1. The van der Waals surface area contributed by atoms with Crippen molar-refractivity contribution in [3.63, 3.8) is 0 Å². The highest BCUT2D eigenvalue weighted by atomic mass is 35.5. The predicted molar refractivity (Wildman–Crippen MR) is 132 cm³/mol. The zero-order valence-corrected chi connectivity index (χ0v) is 20.5. The third-order valence-corrected chi connectivity index (χ3v) is 6.49. The number of thiazole rings is 1. The minimum Gasteiger partial charge on any atom is -0.491 e. The van der Waals surface area contributed by atoms with Gasteiger partial charge in [0.05, 0.1) is 28.0 Å². The molecular formula is C22H11Cl2F4N3O2S2. The van der Waals surface area contributed by atoms with Gasteiger partial charge in [0.15, 0.2) is 22.5 Å². The summed E-state index contributed by atoms with van der Waals surface area (Å²) in [5, 5.41) is 5.09. The van der Waals surface area contributed by atoms with Crippen molar-refractivity contribution in [3.8, 4) is 16.3 Å². The number of carbonyl (C=O) groups excluding carboxylic acids is 1. The Bertz CT molecular complexity index is 1450. The molecule has 0 bridgehead atoms. The topological polar surface area (TPSA) is 63.2 Å². The molecule has 0 radical (unpaired) electrons. The van der Waals surface area contributed by atoms with Crippen LogP contribution < -0.4 is 15.4 Å². The molecule has 0 atom stereocenters. The van der Waals surface area contributed by atoms with Crippen molar-refractivity contribution in [2.45, 2.75) is 0 Å². The molecule has 5 nitrogen and oxygen atoms in total. The van der Waals surface area contributed by atoms with Crippen molar-refractivity contribution >= 4 is 73.7 Å². The van der Waals surface area contributed by atoms with E-state index in [1.165, 1.54) is 17.4 Å². The highest BCUT2D eigenvalue weighted by molar-refractivity contribution is 7.80. The summed E-state index contributed by atoms with van der Waals surface area (Å²) in [6.07, 6.45) is 0. The van der Waals surface area contributed by atoms with Crippen molar-refractivity contribution in [3.05, 3.63) is 75.3 Å². The number of ether oxygens (including phenoxy) is 1. The van der Waals surface area contributed by atoms with Crippen molar-refractivity contribution in [1.29, 1.82) is 0 Å². The summed E-state index contributed by atoms with van der Waals surface area (Å²) in [6, 6.07) is 10.3. The standard InChI is InChI=1S/C22H11Cl2F4N3O2S2/c1-33-19-16(27)14(25)13(15(26)17(19)28)20(32)31-22(34)30-18-9(6-8(23)7-10(18)24)21-29-11-4-2-3-5-12(11)35-21/h2-7H,1H3,(H2,30,31,32,34). The molecular weight excluding hydrogens is 549 g/mol. The van der Waals surface area contributed by atoms with Crippen LogP contribution in [0.3, 0.4) is 0 Å². The molecule has 180 valence electrons. The number of thiocarbonyl (C=S) groups is 1. The van der Waals surface area contributed by atoms with Gasteiger partial charge in [-0.15, -0.1) is 11.3 Å². The number of aromatic nitrogens is 1. The van der Waals surface area contributed by atoms with Crippen LogP contribution in [-0.4, -0.2) is 23.1 Å². The summed E-state index contributed by atoms with van der Waals surface area (Å²) < 4.78 is 61.7. The number of benzene rings is 3. The SMILES string of the molecule is COc1c(F)c(F)c(C(=O)NC(=S)Nc2c(Cl)cc(Cl)cc2-c2nc3ccccc3s2)c(F)c1F. The second-order valence-corrected chi connectivity index (χ2v) is 9.15. The lowest BCUT2D eigenvalue weighted by Crippen LogP contribution is -2.35. The summed E-state index contributed by atoms with van der Waals surface area (Å²) in [7, 11) is 0.818. The molecule has 0 aliphatic rings. The normalized spacial score (nSPS) is 10.9. The number of para-hydroxylation sites is 1. The van der Waals surface area contributed by atoms with E-state index in [1.807, 2.05) is 29.6 Å². The number of carbonyl (C=O) groups is 1. The Balaban J connectivity index is 1.66. The van der Waals surface area contributed by atoms with Gasteiger partial charge in [0, 0.05) is 10.6 Å². The summed E-state index contributed by atoms with van der Waals surface area (Å²) in [6.45, 7) is 0.